The standard InChI is InChI=1S/C13H12BrN3O3S/c1-16-21(18,19)13-5-3-11(20-13)8-17-12-4-2-10(14)6-9(12)7-15/h2-6,16-17H,8H2,1H3. The van der Waals surface area contributed by atoms with E-state index in [2.05, 4.69) is 32.0 Å². The zero-order valence-corrected chi connectivity index (χ0v) is 13.5. The highest BCUT2D eigenvalue weighted by atomic mass is 79.9. The SMILES string of the molecule is CNS(=O)(=O)c1ccc(CNc2ccc(Br)cc2C#N)o1. The molecule has 2 rings (SSSR count). The summed E-state index contributed by atoms with van der Waals surface area (Å²) in [4.78, 5) is 0. The Morgan fingerprint density at radius 3 is 2.76 bits per heavy atom. The summed E-state index contributed by atoms with van der Waals surface area (Å²) < 4.78 is 31.3. The third kappa shape index (κ3) is 3.64. The first-order valence-electron chi connectivity index (χ1n) is 5.92. The number of anilines is 1. The molecule has 0 aliphatic carbocycles. The Morgan fingerprint density at radius 1 is 1.33 bits per heavy atom. The van der Waals surface area contributed by atoms with Crippen molar-refractivity contribution in [3.05, 3.63) is 46.1 Å². The zero-order chi connectivity index (χ0) is 15.5. The molecule has 0 unspecified atom stereocenters. The molecule has 8 heteroatoms. The lowest BCUT2D eigenvalue weighted by atomic mass is 10.2. The van der Waals surface area contributed by atoms with Crippen molar-refractivity contribution in [2.45, 2.75) is 11.6 Å². The number of nitrogens with zero attached hydrogens (tertiary/aromatic N) is 1. The van der Waals surface area contributed by atoms with E-state index in [4.69, 9.17) is 9.68 Å². The fourth-order valence-corrected chi connectivity index (χ4v) is 2.67. The Hall–Kier alpha value is -1.82. The lowest BCUT2D eigenvalue weighted by Crippen LogP contribution is -2.17. The number of nitrogens with one attached hydrogen (secondary N) is 2. The van der Waals surface area contributed by atoms with Gasteiger partial charge >= 0.3 is 0 Å². The van der Waals surface area contributed by atoms with E-state index in [-0.39, 0.29) is 11.6 Å². The van der Waals surface area contributed by atoms with Crippen LogP contribution in [0.2, 0.25) is 0 Å². The van der Waals surface area contributed by atoms with Gasteiger partial charge in [0, 0.05) is 4.47 Å². The summed E-state index contributed by atoms with van der Waals surface area (Å²) in [5, 5.41) is 12.0. The third-order valence-corrected chi connectivity index (χ3v) is 4.51. The monoisotopic (exact) mass is 369 g/mol. The second-order valence-electron chi connectivity index (χ2n) is 4.08. The molecule has 110 valence electrons. The molecule has 2 aromatic rings. The summed E-state index contributed by atoms with van der Waals surface area (Å²) >= 11 is 3.30. The van der Waals surface area contributed by atoms with Gasteiger partial charge in [0.2, 0.25) is 5.09 Å². The summed E-state index contributed by atoms with van der Waals surface area (Å²) in [7, 11) is -2.27. The third-order valence-electron chi connectivity index (χ3n) is 2.73. The van der Waals surface area contributed by atoms with E-state index in [1.165, 1.54) is 13.1 Å². The molecule has 1 aromatic carbocycles. The summed E-state index contributed by atoms with van der Waals surface area (Å²) in [6.07, 6.45) is 0. The van der Waals surface area contributed by atoms with Gasteiger partial charge in [-0.15, -0.1) is 0 Å². The van der Waals surface area contributed by atoms with Crippen LogP contribution in [0.4, 0.5) is 5.69 Å². The highest BCUT2D eigenvalue weighted by molar-refractivity contribution is 9.10. The smallest absolute Gasteiger partial charge is 0.273 e. The molecule has 21 heavy (non-hydrogen) atoms. The quantitative estimate of drug-likeness (QED) is 0.843. The highest BCUT2D eigenvalue weighted by Crippen LogP contribution is 2.21. The van der Waals surface area contributed by atoms with E-state index >= 15 is 0 Å². The van der Waals surface area contributed by atoms with Crippen molar-refractivity contribution in [1.82, 2.24) is 4.72 Å². The van der Waals surface area contributed by atoms with Gasteiger partial charge in [0.25, 0.3) is 10.0 Å². The Balaban J connectivity index is 2.13. The molecule has 0 amide bonds. The van der Waals surface area contributed by atoms with E-state index in [9.17, 15) is 8.42 Å². The number of nitriles is 1. The zero-order valence-electron chi connectivity index (χ0n) is 11.1. The van der Waals surface area contributed by atoms with E-state index in [0.29, 0.717) is 17.0 Å². The van der Waals surface area contributed by atoms with Gasteiger partial charge in [0.15, 0.2) is 0 Å². The van der Waals surface area contributed by atoms with Gasteiger partial charge in [-0.2, -0.15) is 5.26 Å². The minimum Gasteiger partial charge on any atom is -0.446 e. The molecule has 0 spiro atoms. The van der Waals surface area contributed by atoms with Crippen molar-refractivity contribution in [2.24, 2.45) is 0 Å². The minimum atomic E-state index is -3.58. The van der Waals surface area contributed by atoms with Crippen LogP contribution >= 0.6 is 15.9 Å². The molecule has 0 saturated carbocycles. The van der Waals surface area contributed by atoms with Crippen LogP contribution in [-0.4, -0.2) is 15.5 Å². The van der Waals surface area contributed by atoms with Gasteiger partial charge in [-0.3, -0.25) is 0 Å². The molecular formula is C13H12BrN3O3S. The molecule has 0 fully saturated rings. The first-order valence-corrected chi connectivity index (χ1v) is 8.19. The Bertz CT molecular complexity index is 793. The normalized spacial score (nSPS) is 11.1. The number of furan rings is 1. The first kappa shape index (κ1) is 15.6. The number of sulfonamides is 1. The van der Waals surface area contributed by atoms with Crippen LogP contribution in [0.5, 0.6) is 0 Å². The largest absolute Gasteiger partial charge is 0.446 e. The number of benzene rings is 1. The van der Waals surface area contributed by atoms with Crippen LogP contribution in [0.25, 0.3) is 0 Å². The van der Waals surface area contributed by atoms with Crippen LogP contribution in [0.15, 0.2) is 44.3 Å². The predicted octanol–water partition coefficient (Wildman–Crippen LogP) is 2.43. The van der Waals surface area contributed by atoms with Gasteiger partial charge in [0.05, 0.1) is 17.8 Å². The average Bonchev–Trinajstić information content (AvgIpc) is 2.95. The van der Waals surface area contributed by atoms with Crippen molar-refractivity contribution in [3.63, 3.8) is 0 Å². The lowest BCUT2D eigenvalue weighted by Gasteiger charge is -2.06. The summed E-state index contributed by atoms with van der Waals surface area (Å²) in [6.45, 7) is 0.273. The highest BCUT2D eigenvalue weighted by Gasteiger charge is 2.16. The fourth-order valence-electron chi connectivity index (χ4n) is 1.64. The summed E-state index contributed by atoms with van der Waals surface area (Å²) in [5.74, 6) is 0.454. The molecule has 2 N–H and O–H groups in total. The van der Waals surface area contributed by atoms with E-state index in [1.54, 1.807) is 18.2 Å². The summed E-state index contributed by atoms with van der Waals surface area (Å²) in [5.41, 5.74) is 1.13. The van der Waals surface area contributed by atoms with E-state index < -0.39 is 10.0 Å². The molecule has 0 aliphatic rings. The molecular weight excluding hydrogens is 358 g/mol. The predicted molar refractivity (Wildman–Crippen MR) is 81.1 cm³/mol. The van der Waals surface area contributed by atoms with Crippen molar-refractivity contribution in [1.29, 1.82) is 5.26 Å². The van der Waals surface area contributed by atoms with Gasteiger partial charge in [0.1, 0.15) is 11.8 Å². The Kier molecular flexibility index (Phi) is 4.67. The van der Waals surface area contributed by atoms with Crippen molar-refractivity contribution in [3.8, 4) is 6.07 Å². The molecule has 1 heterocycles. The topological polar surface area (TPSA) is 95.1 Å². The number of hydrogen-bond acceptors (Lipinski definition) is 5. The van der Waals surface area contributed by atoms with E-state index in [0.717, 1.165) is 4.47 Å². The number of hydrogen-bond donors (Lipinski definition) is 2. The average molecular weight is 370 g/mol. The molecule has 0 atom stereocenters. The number of halogens is 1. The molecule has 0 radical (unpaired) electrons. The summed E-state index contributed by atoms with van der Waals surface area (Å²) in [6, 6.07) is 10.3. The molecule has 1 aromatic heterocycles. The van der Waals surface area contributed by atoms with Crippen LogP contribution in [0, 0.1) is 11.3 Å². The molecule has 0 saturated heterocycles. The van der Waals surface area contributed by atoms with Crippen LogP contribution in [-0.2, 0) is 16.6 Å². The molecule has 0 aliphatic heterocycles. The molecule has 6 nitrogen and oxygen atoms in total. The maximum Gasteiger partial charge on any atom is 0.273 e. The van der Waals surface area contributed by atoms with Crippen LogP contribution in [0.1, 0.15) is 11.3 Å². The van der Waals surface area contributed by atoms with Crippen LogP contribution < -0.4 is 10.0 Å². The minimum absolute atomic E-state index is 0.141. The van der Waals surface area contributed by atoms with Crippen molar-refractivity contribution in [2.75, 3.05) is 12.4 Å². The van der Waals surface area contributed by atoms with Crippen molar-refractivity contribution >= 4 is 31.6 Å². The maximum atomic E-state index is 11.6. The first-order chi connectivity index (χ1) is 9.96. The second kappa shape index (κ2) is 6.30. The van der Waals surface area contributed by atoms with Gasteiger partial charge in [-0.05, 0) is 37.4 Å². The fraction of sp³-hybridized carbons (Fsp3) is 0.154. The second-order valence-corrected chi connectivity index (χ2v) is 6.82. The van der Waals surface area contributed by atoms with Crippen LogP contribution in [0.3, 0.4) is 0 Å². The van der Waals surface area contributed by atoms with E-state index in [1.807, 2.05) is 6.07 Å². The van der Waals surface area contributed by atoms with Crippen molar-refractivity contribution < 1.29 is 12.8 Å². The number of rotatable bonds is 5. The van der Waals surface area contributed by atoms with Gasteiger partial charge in [-0.25, -0.2) is 13.1 Å². The Morgan fingerprint density at radius 2 is 2.10 bits per heavy atom. The van der Waals surface area contributed by atoms with Gasteiger partial charge in [-0.1, -0.05) is 15.9 Å². The lowest BCUT2D eigenvalue weighted by molar-refractivity contribution is 0.417. The Labute approximate surface area is 130 Å². The van der Waals surface area contributed by atoms with Gasteiger partial charge < -0.3 is 9.73 Å². The molecule has 0 bridgehead atoms. The maximum absolute atomic E-state index is 11.6.